The van der Waals surface area contributed by atoms with Crippen LogP contribution in [0.5, 0.6) is 0 Å². The molecule has 2 unspecified atom stereocenters. The molecule has 0 radical (unpaired) electrons. The Labute approximate surface area is 131 Å². The summed E-state index contributed by atoms with van der Waals surface area (Å²) in [5.41, 5.74) is 3.18. The van der Waals surface area contributed by atoms with Crippen LogP contribution in [0.1, 0.15) is 47.9 Å². The molecule has 0 saturated carbocycles. The van der Waals surface area contributed by atoms with E-state index in [0.29, 0.717) is 6.04 Å². The Hall–Kier alpha value is -1.65. The van der Waals surface area contributed by atoms with Crippen LogP contribution >= 0.6 is 0 Å². The number of nitrogens with zero attached hydrogens (tertiary/aromatic N) is 2. The molecule has 1 aromatic heterocycles. The molecule has 1 aliphatic heterocycles. The minimum Gasteiger partial charge on any atom is -0.388 e. The molecule has 0 aliphatic carbocycles. The maximum absolute atomic E-state index is 10.5. The molecule has 4 heteroatoms. The molecular weight excluding hydrogens is 276 g/mol. The van der Waals surface area contributed by atoms with Crippen LogP contribution in [0.3, 0.4) is 0 Å². The molecule has 1 fully saturated rings. The lowest BCUT2D eigenvalue weighted by molar-refractivity contribution is 0.117. The first-order valence-corrected chi connectivity index (χ1v) is 8.04. The summed E-state index contributed by atoms with van der Waals surface area (Å²) in [6, 6.07) is 10.4. The lowest BCUT2D eigenvalue weighted by Gasteiger charge is -2.26. The van der Waals surface area contributed by atoms with Gasteiger partial charge in [-0.15, -0.1) is 0 Å². The quantitative estimate of drug-likeness (QED) is 0.919. The molecule has 1 N–H and O–H groups in total. The van der Waals surface area contributed by atoms with Crippen molar-refractivity contribution in [3.63, 3.8) is 0 Å². The number of aryl methyl sites for hydroxylation is 2. The SMILES string of the molecule is Cc1noc(C)c1CN1CCCC1CC(O)c1ccccc1. The van der Waals surface area contributed by atoms with Gasteiger partial charge in [-0.2, -0.15) is 0 Å². The summed E-state index contributed by atoms with van der Waals surface area (Å²) < 4.78 is 5.27. The van der Waals surface area contributed by atoms with Gasteiger partial charge in [0.2, 0.25) is 0 Å². The van der Waals surface area contributed by atoms with Gasteiger partial charge < -0.3 is 9.63 Å². The minimum atomic E-state index is -0.392. The molecule has 2 heterocycles. The fourth-order valence-electron chi connectivity index (χ4n) is 3.37. The molecule has 22 heavy (non-hydrogen) atoms. The predicted molar refractivity (Wildman–Crippen MR) is 85.4 cm³/mol. The van der Waals surface area contributed by atoms with Crippen LogP contribution in [0.15, 0.2) is 34.9 Å². The summed E-state index contributed by atoms with van der Waals surface area (Å²) in [4.78, 5) is 2.46. The molecule has 0 amide bonds. The first kappa shape index (κ1) is 15.3. The molecule has 118 valence electrons. The van der Waals surface area contributed by atoms with Gasteiger partial charge in [0.1, 0.15) is 5.76 Å². The van der Waals surface area contributed by atoms with E-state index in [1.165, 1.54) is 12.0 Å². The lowest BCUT2D eigenvalue weighted by atomic mass is 10.0. The zero-order valence-corrected chi connectivity index (χ0v) is 13.3. The van der Waals surface area contributed by atoms with E-state index in [1.54, 1.807) is 0 Å². The van der Waals surface area contributed by atoms with Crippen molar-refractivity contribution >= 4 is 0 Å². The number of rotatable bonds is 5. The van der Waals surface area contributed by atoms with Crippen LogP contribution in [0, 0.1) is 13.8 Å². The third kappa shape index (κ3) is 3.23. The average molecular weight is 300 g/mol. The van der Waals surface area contributed by atoms with Gasteiger partial charge in [-0.25, -0.2) is 0 Å². The Morgan fingerprint density at radius 1 is 1.32 bits per heavy atom. The first-order chi connectivity index (χ1) is 10.6. The number of likely N-dealkylation sites (tertiary alicyclic amines) is 1. The number of aliphatic hydroxyl groups is 1. The van der Waals surface area contributed by atoms with Gasteiger partial charge in [-0.1, -0.05) is 35.5 Å². The Morgan fingerprint density at radius 2 is 2.09 bits per heavy atom. The van der Waals surface area contributed by atoms with Gasteiger partial charge in [0.05, 0.1) is 11.8 Å². The van der Waals surface area contributed by atoms with Crippen molar-refractivity contribution in [2.24, 2.45) is 0 Å². The van der Waals surface area contributed by atoms with Crippen molar-refractivity contribution in [2.75, 3.05) is 6.54 Å². The molecule has 4 nitrogen and oxygen atoms in total. The minimum absolute atomic E-state index is 0.392. The second-order valence-corrected chi connectivity index (χ2v) is 6.23. The fourth-order valence-corrected chi connectivity index (χ4v) is 3.37. The highest BCUT2D eigenvalue weighted by Gasteiger charge is 2.28. The van der Waals surface area contributed by atoms with E-state index in [4.69, 9.17) is 4.52 Å². The Bertz CT molecular complexity index is 589. The molecule has 1 aliphatic rings. The largest absolute Gasteiger partial charge is 0.388 e. The highest BCUT2D eigenvalue weighted by molar-refractivity contribution is 5.21. The van der Waals surface area contributed by atoms with Crippen molar-refractivity contribution in [3.8, 4) is 0 Å². The zero-order valence-electron chi connectivity index (χ0n) is 13.3. The standard InChI is InChI=1S/C18H24N2O2/c1-13-17(14(2)22-19-13)12-20-10-6-9-16(20)11-18(21)15-7-4-3-5-8-15/h3-5,7-8,16,18,21H,6,9-12H2,1-2H3. The number of aromatic nitrogens is 1. The molecule has 1 saturated heterocycles. The number of benzene rings is 1. The summed E-state index contributed by atoms with van der Waals surface area (Å²) in [6.45, 7) is 5.92. The highest BCUT2D eigenvalue weighted by Crippen LogP contribution is 2.29. The van der Waals surface area contributed by atoms with Crippen LogP contribution in [0.4, 0.5) is 0 Å². The number of hydrogen-bond acceptors (Lipinski definition) is 4. The molecule has 2 aromatic rings. The molecule has 0 bridgehead atoms. The van der Waals surface area contributed by atoms with Gasteiger partial charge >= 0.3 is 0 Å². The van der Waals surface area contributed by atoms with Crippen LogP contribution in [0.25, 0.3) is 0 Å². The summed E-state index contributed by atoms with van der Waals surface area (Å²) in [5.74, 6) is 0.909. The van der Waals surface area contributed by atoms with Crippen LogP contribution in [-0.4, -0.2) is 27.7 Å². The van der Waals surface area contributed by atoms with Crippen LogP contribution in [0.2, 0.25) is 0 Å². The summed E-state index contributed by atoms with van der Waals surface area (Å²) >= 11 is 0. The fraction of sp³-hybridized carbons (Fsp3) is 0.500. The third-order valence-corrected chi connectivity index (χ3v) is 4.72. The molecule has 3 rings (SSSR count). The third-order valence-electron chi connectivity index (χ3n) is 4.72. The van der Waals surface area contributed by atoms with Gasteiger partial charge in [-0.05, 0) is 45.2 Å². The second-order valence-electron chi connectivity index (χ2n) is 6.23. The molecular formula is C18H24N2O2. The van der Waals surface area contributed by atoms with Crippen molar-refractivity contribution < 1.29 is 9.63 Å². The van der Waals surface area contributed by atoms with Crippen molar-refractivity contribution in [3.05, 3.63) is 52.9 Å². The van der Waals surface area contributed by atoms with E-state index in [0.717, 1.165) is 42.9 Å². The van der Waals surface area contributed by atoms with E-state index in [1.807, 2.05) is 44.2 Å². The summed E-state index contributed by atoms with van der Waals surface area (Å²) in [7, 11) is 0. The van der Waals surface area contributed by atoms with Crippen molar-refractivity contribution in [2.45, 2.75) is 51.8 Å². The predicted octanol–water partition coefficient (Wildman–Crippen LogP) is 3.38. The summed E-state index contributed by atoms with van der Waals surface area (Å²) in [6.07, 6.45) is 2.73. The zero-order chi connectivity index (χ0) is 15.5. The van der Waals surface area contributed by atoms with E-state index < -0.39 is 6.10 Å². The van der Waals surface area contributed by atoms with Gasteiger partial charge in [0, 0.05) is 18.2 Å². The van der Waals surface area contributed by atoms with Gasteiger partial charge in [0.25, 0.3) is 0 Å². The number of hydrogen-bond donors (Lipinski definition) is 1. The molecule has 1 aromatic carbocycles. The van der Waals surface area contributed by atoms with E-state index >= 15 is 0 Å². The first-order valence-electron chi connectivity index (χ1n) is 8.04. The van der Waals surface area contributed by atoms with Gasteiger partial charge in [0.15, 0.2) is 0 Å². The maximum atomic E-state index is 10.5. The Morgan fingerprint density at radius 3 is 2.77 bits per heavy atom. The van der Waals surface area contributed by atoms with Crippen molar-refractivity contribution in [1.82, 2.24) is 10.1 Å². The van der Waals surface area contributed by atoms with E-state index in [9.17, 15) is 5.11 Å². The Kier molecular flexibility index (Phi) is 4.60. The normalized spacial score (nSPS) is 20.4. The number of aliphatic hydroxyl groups excluding tert-OH is 1. The maximum Gasteiger partial charge on any atom is 0.138 e. The molecule has 0 spiro atoms. The van der Waals surface area contributed by atoms with Gasteiger partial charge in [-0.3, -0.25) is 4.90 Å². The van der Waals surface area contributed by atoms with Crippen molar-refractivity contribution in [1.29, 1.82) is 0 Å². The molecule has 2 atom stereocenters. The topological polar surface area (TPSA) is 49.5 Å². The average Bonchev–Trinajstić information content (AvgIpc) is 3.10. The highest BCUT2D eigenvalue weighted by atomic mass is 16.5. The van der Waals surface area contributed by atoms with Crippen LogP contribution in [-0.2, 0) is 6.54 Å². The van der Waals surface area contributed by atoms with E-state index in [2.05, 4.69) is 10.1 Å². The smallest absolute Gasteiger partial charge is 0.138 e. The van der Waals surface area contributed by atoms with Crippen LogP contribution < -0.4 is 0 Å². The van der Waals surface area contributed by atoms with E-state index in [-0.39, 0.29) is 0 Å². The monoisotopic (exact) mass is 300 g/mol. The second kappa shape index (κ2) is 6.63. The lowest BCUT2D eigenvalue weighted by Crippen LogP contribution is -2.30. The summed E-state index contributed by atoms with van der Waals surface area (Å²) in [5, 5.41) is 14.5. The Balaban J connectivity index is 1.66.